The highest BCUT2D eigenvalue weighted by molar-refractivity contribution is 5.26. The van der Waals surface area contributed by atoms with Crippen LogP contribution in [0.5, 0.6) is 0 Å². The Morgan fingerprint density at radius 1 is 1.08 bits per heavy atom. The van der Waals surface area contributed by atoms with E-state index < -0.39 is 0 Å². The molecule has 26 heavy (non-hydrogen) atoms. The van der Waals surface area contributed by atoms with Gasteiger partial charge in [-0.3, -0.25) is 9.48 Å². The fourth-order valence-electron chi connectivity index (χ4n) is 3.74. The van der Waals surface area contributed by atoms with Gasteiger partial charge in [-0.05, 0) is 36.5 Å². The standard InChI is InChI=1S/C21H24N4O/c26-21-10-7-18-15-19(22-16-17-5-2-1-3-6-17)8-9-20(18)25(21)14-13-24-12-4-11-23-24/h1-7,10-12,19,22H,8-9,13-16H2/t19-/m0/s1. The van der Waals surface area contributed by atoms with E-state index in [9.17, 15) is 4.79 Å². The average Bonchev–Trinajstić information content (AvgIpc) is 3.20. The van der Waals surface area contributed by atoms with Crippen molar-refractivity contribution in [1.82, 2.24) is 19.7 Å². The Bertz CT molecular complexity index is 900. The summed E-state index contributed by atoms with van der Waals surface area (Å²) in [7, 11) is 0. The highest BCUT2D eigenvalue weighted by Crippen LogP contribution is 2.20. The van der Waals surface area contributed by atoms with Crippen LogP contribution in [0.1, 0.15) is 23.2 Å². The number of hydrogen-bond acceptors (Lipinski definition) is 3. The molecule has 0 unspecified atom stereocenters. The maximum absolute atomic E-state index is 12.4. The summed E-state index contributed by atoms with van der Waals surface area (Å²) < 4.78 is 3.81. The molecular weight excluding hydrogens is 324 g/mol. The van der Waals surface area contributed by atoms with Crippen LogP contribution in [0, 0.1) is 0 Å². The van der Waals surface area contributed by atoms with E-state index in [0.717, 1.165) is 32.4 Å². The summed E-state index contributed by atoms with van der Waals surface area (Å²) in [5.41, 5.74) is 3.89. The van der Waals surface area contributed by atoms with Gasteiger partial charge >= 0.3 is 0 Å². The molecule has 5 nitrogen and oxygen atoms in total. The SMILES string of the molecule is O=c1ccc2c(n1CCn1cccn1)CC[C@H](NCc1ccccc1)C2. The van der Waals surface area contributed by atoms with Crippen LogP contribution in [-0.2, 0) is 32.5 Å². The third kappa shape index (κ3) is 3.78. The zero-order valence-corrected chi connectivity index (χ0v) is 14.8. The van der Waals surface area contributed by atoms with E-state index in [1.807, 2.05) is 33.6 Å². The van der Waals surface area contributed by atoms with Gasteiger partial charge in [-0.2, -0.15) is 5.10 Å². The van der Waals surface area contributed by atoms with Crippen molar-refractivity contribution in [2.45, 2.75) is 44.9 Å². The van der Waals surface area contributed by atoms with Gasteiger partial charge in [0.05, 0.1) is 6.54 Å². The first kappa shape index (κ1) is 16.8. The Morgan fingerprint density at radius 3 is 2.77 bits per heavy atom. The van der Waals surface area contributed by atoms with E-state index in [1.165, 1.54) is 16.8 Å². The molecule has 0 saturated carbocycles. The normalized spacial score (nSPS) is 16.4. The fraction of sp³-hybridized carbons (Fsp3) is 0.333. The van der Waals surface area contributed by atoms with Crippen molar-refractivity contribution in [1.29, 1.82) is 0 Å². The van der Waals surface area contributed by atoms with E-state index >= 15 is 0 Å². The van der Waals surface area contributed by atoms with Crippen LogP contribution in [0.15, 0.2) is 65.7 Å². The molecule has 1 aromatic carbocycles. The van der Waals surface area contributed by atoms with Gasteiger partial charge in [0.2, 0.25) is 0 Å². The first-order valence-electron chi connectivity index (χ1n) is 9.26. The maximum Gasteiger partial charge on any atom is 0.250 e. The fourth-order valence-corrected chi connectivity index (χ4v) is 3.74. The molecule has 0 fully saturated rings. The van der Waals surface area contributed by atoms with E-state index in [4.69, 9.17) is 0 Å². The van der Waals surface area contributed by atoms with Crippen molar-refractivity contribution in [3.63, 3.8) is 0 Å². The Hall–Kier alpha value is -2.66. The van der Waals surface area contributed by atoms with Crippen molar-refractivity contribution >= 4 is 0 Å². The zero-order chi connectivity index (χ0) is 17.8. The predicted octanol–water partition coefficient (Wildman–Crippen LogP) is 2.39. The molecule has 0 amide bonds. The van der Waals surface area contributed by atoms with E-state index in [0.29, 0.717) is 12.6 Å². The molecule has 1 atom stereocenters. The van der Waals surface area contributed by atoms with Crippen LogP contribution in [0.2, 0.25) is 0 Å². The lowest BCUT2D eigenvalue weighted by molar-refractivity contribution is 0.431. The van der Waals surface area contributed by atoms with Crippen LogP contribution in [-0.4, -0.2) is 20.4 Å². The average molecular weight is 348 g/mol. The number of hydrogen-bond donors (Lipinski definition) is 1. The molecule has 1 aliphatic rings. The number of pyridine rings is 1. The molecule has 3 aromatic rings. The van der Waals surface area contributed by atoms with Crippen molar-refractivity contribution in [3.05, 3.63) is 88.1 Å². The van der Waals surface area contributed by atoms with Crippen LogP contribution >= 0.6 is 0 Å². The number of fused-ring (bicyclic) bond motifs is 1. The molecule has 2 aromatic heterocycles. The Labute approximate surface area is 153 Å². The number of aromatic nitrogens is 3. The van der Waals surface area contributed by atoms with Crippen molar-refractivity contribution in [2.24, 2.45) is 0 Å². The second kappa shape index (κ2) is 7.70. The summed E-state index contributed by atoms with van der Waals surface area (Å²) in [6, 6.07) is 16.6. The van der Waals surface area contributed by atoms with Gasteiger partial charge in [0.1, 0.15) is 0 Å². The van der Waals surface area contributed by atoms with Gasteiger partial charge in [0.25, 0.3) is 5.56 Å². The van der Waals surface area contributed by atoms with Gasteiger partial charge < -0.3 is 9.88 Å². The molecule has 2 heterocycles. The van der Waals surface area contributed by atoms with Gasteiger partial charge in [-0.15, -0.1) is 0 Å². The maximum atomic E-state index is 12.4. The smallest absolute Gasteiger partial charge is 0.250 e. The quantitative estimate of drug-likeness (QED) is 0.744. The summed E-state index contributed by atoms with van der Waals surface area (Å²) in [6.45, 7) is 2.28. The summed E-state index contributed by atoms with van der Waals surface area (Å²) in [5, 5.41) is 7.90. The Kier molecular flexibility index (Phi) is 4.97. The van der Waals surface area contributed by atoms with Crippen molar-refractivity contribution < 1.29 is 0 Å². The summed E-state index contributed by atoms with van der Waals surface area (Å²) in [5.74, 6) is 0. The predicted molar refractivity (Wildman–Crippen MR) is 102 cm³/mol. The second-order valence-electron chi connectivity index (χ2n) is 6.87. The minimum Gasteiger partial charge on any atom is -0.311 e. The highest BCUT2D eigenvalue weighted by atomic mass is 16.1. The monoisotopic (exact) mass is 348 g/mol. The van der Waals surface area contributed by atoms with Crippen molar-refractivity contribution in [3.8, 4) is 0 Å². The molecular formula is C21H24N4O. The van der Waals surface area contributed by atoms with Crippen LogP contribution in [0.25, 0.3) is 0 Å². The Morgan fingerprint density at radius 2 is 1.96 bits per heavy atom. The molecule has 134 valence electrons. The molecule has 5 heteroatoms. The minimum absolute atomic E-state index is 0.0894. The lowest BCUT2D eigenvalue weighted by Crippen LogP contribution is -2.37. The third-order valence-electron chi connectivity index (χ3n) is 5.14. The summed E-state index contributed by atoms with van der Waals surface area (Å²) in [4.78, 5) is 12.4. The number of benzene rings is 1. The lowest BCUT2D eigenvalue weighted by atomic mass is 9.91. The van der Waals surface area contributed by atoms with Crippen molar-refractivity contribution in [2.75, 3.05) is 0 Å². The van der Waals surface area contributed by atoms with Gasteiger partial charge in [0, 0.05) is 43.3 Å². The molecule has 0 spiro atoms. The minimum atomic E-state index is 0.0894. The molecule has 4 rings (SSSR count). The van der Waals surface area contributed by atoms with Gasteiger partial charge in [0.15, 0.2) is 0 Å². The lowest BCUT2D eigenvalue weighted by Gasteiger charge is -2.28. The second-order valence-corrected chi connectivity index (χ2v) is 6.87. The molecule has 0 radical (unpaired) electrons. The van der Waals surface area contributed by atoms with Crippen LogP contribution in [0.4, 0.5) is 0 Å². The van der Waals surface area contributed by atoms with E-state index in [2.05, 4.69) is 34.7 Å². The largest absolute Gasteiger partial charge is 0.311 e. The van der Waals surface area contributed by atoms with Gasteiger partial charge in [-0.1, -0.05) is 36.4 Å². The summed E-state index contributed by atoms with van der Waals surface area (Å²) >= 11 is 0. The first-order valence-corrected chi connectivity index (χ1v) is 9.26. The number of nitrogens with zero attached hydrogens (tertiary/aromatic N) is 3. The molecule has 1 N–H and O–H groups in total. The number of rotatable bonds is 6. The molecule has 1 aliphatic carbocycles. The third-order valence-corrected chi connectivity index (χ3v) is 5.14. The van der Waals surface area contributed by atoms with Crippen LogP contribution in [0.3, 0.4) is 0 Å². The number of aryl methyl sites for hydroxylation is 1. The number of nitrogens with one attached hydrogen (secondary N) is 1. The highest BCUT2D eigenvalue weighted by Gasteiger charge is 2.21. The molecule has 0 aliphatic heterocycles. The Balaban J connectivity index is 1.44. The van der Waals surface area contributed by atoms with E-state index in [1.54, 1.807) is 12.3 Å². The first-order chi connectivity index (χ1) is 12.8. The molecule has 0 bridgehead atoms. The zero-order valence-electron chi connectivity index (χ0n) is 14.8. The summed E-state index contributed by atoms with van der Waals surface area (Å²) in [6.07, 6.45) is 6.68. The van der Waals surface area contributed by atoms with Crippen LogP contribution < -0.4 is 10.9 Å². The van der Waals surface area contributed by atoms with Gasteiger partial charge in [-0.25, -0.2) is 0 Å². The topological polar surface area (TPSA) is 51.9 Å². The molecule has 0 saturated heterocycles. The van der Waals surface area contributed by atoms with E-state index in [-0.39, 0.29) is 5.56 Å².